The maximum atomic E-state index is 11.4. The van der Waals surface area contributed by atoms with Crippen LogP contribution in [-0.2, 0) is 4.79 Å². The Morgan fingerprint density at radius 3 is 3.13 bits per heavy atom. The first kappa shape index (κ1) is 10.4. The van der Waals surface area contributed by atoms with Crippen molar-refractivity contribution in [2.24, 2.45) is 0 Å². The van der Waals surface area contributed by atoms with Crippen molar-refractivity contribution in [3.05, 3.63) is 29.8 Å². The number of carbonyl (C=O) groups is 1. The summed E-state index contributed by atoms with van der Waals surface area (Å²) in [6.45, 7) is 0.525. The lowest BCUT2D eigenvalue weighted by Gasteiger charge is -2.10. The van der Waals surface area contributed by atoms with Crippen molar-refractivity contribution >= 4 is 18.5 Å². The molecule has 15 heavy (non-hydrogen) atoms. The van der Waals surface area contributed by atoms with Crippen molar-refractivity contribution < 1.29 is 9.53 Å². The summed E-state index contributed by atoms with van der Waals surface area (Å²) in [6, 6.07) is 7.77. The first-order valence-corrected chi connectivity index (χ1v) is 5.56. The van der Waals surface area contributed by atoms with E-state index in [1.54, 1.807) is 0 Å². The topological polar surface area (TPSA) is 38.3 Å². The van der Waals surface area contributed by atoms with Gasteiger partial charge in [0.05, 0.1) is 6.04 Å². The maximum absolute atomic E-state index is 11.4. The third-order valence-electron chi connectivity index (χ3n) is 2.37. The Morgan fingerprint density at radius 1 is 1.53 bits per heavy atom. The van der Waals surface area contributed by atoms with Crippen LogP contribution >= 0.6 is 12.6 Å². The summed E-state index contributed by atoms with van der Waals surface area (Å²) in [6.07, 6.45) is 0.446. The number of carbonyl (C=O) groups excluding carboxylic acids is 1. The molecule has 1 amide bonds. The fraction of sp³-hybridized carbons (Fsp3) is 0.364. The van der Waals surface area contributed by atoms with Crippen LogP contribution in [-0.4, -0.2) is 18.3 Å². The number of hydrogen-bond acceptors (Lipinski definition) is 3. The quantitative estimate of drug-likeness (QED) is 0.763. The van der Waals surface area contributed by atoms with Crippen molar-refractivity contribution in [3.8, 4) is 5.75 Å². The minimum Gasteiger partial charge on any atom is -0.491 e. The van der Waals surface area contributed by atoms with Gasteiger partial charge in [-0.3, -0.25) is 4.79 Å². The molecule has 1 aliphatic rings. The highest BCUT2D eigenvalue weighted by atomic mass is 32.1. The van der Waals surface area contributed by atoms with E-state index in [1.807, 2.05) is 24.3 Å². The number of rotatable bonds is 3. The number of benzene rings is 1. The van der Waals surface area contributed by atoms with E-state index < -0.39 is 0 Å². The molecule has 0 bridgehead atoms. The highest BCUT2D eigenvalue weighted by Crippen LogP contribution is 2.31. The molecular weight excluding hydrogens is 210 g/mol. The van der Waals surface area contributed by atoms with E-state index in [4.69, 9.17) is 4.74 Å². The molecule has 3 nitrogen and oxygen atoms in total. The van der Waals surface area contributed by atoms with E-state index in [0.29, 0.717) is 18.8 Å². The van der Waals surface area contributed by atoms with Crippen molar-refractivity contribution in [1.82, 2.24) is 5.32 Å². The Hall–Kier alpha value is -1.16. The predicted molar refractivity (Wildman–Crippen MR) is 61.3 cm³/mol. The number of thiol groups is 1. The molecule has 1 N–H and O–H groups in total. The molecule has 2 rings (SSSR count). The van der Waals surface area contributed by atoms with Gasteiger partial charge >= 0.3 is 0 Å². The predicted octanol–water partition coefficient (Wildman–Crippen LogP) is 1.56. The van der Waals surface area contributed by atoms with E-state index in [2.05, 4.69) is 17.9 Å². The van der Waals surface area contributed by atoms with Gasteiger partial charge < -0.3 is 10.1 Å². The van der Waals surface area contributed by atoms with Gasteiger partial charge in [0.2, 0.25) is 5.91 Å². The summed E-state index contributed by atoms with van der Waals surface area (Å²) in [5.74, 6) is 1.46. The second-order valence-electron chi connectivity index (χ2n) is 3.44. The summed E-state index contributed by atoms with van der Waals surface area (Å²) in [5, 5.41) is 2.92. The Bertz CT molecular complexity index is 367. The van der Waals surface area contributed by atoms with Gasteiger partial charge in [-0.2, -0.15) is 12.6 Å². The smallest absolute Gasteiger partial charge is 0.221 e. The van der Waals surface area contributed by atoms with Crippen molar-refractivity contribution in [2.45, 2.75) is 12.5 Å². The Kier molecular flexibility index (Phi) is 3.16. The third-order valence-corrected chi connectivity index (χ3v) is 2.60. The lowest BCUT2D eigenvalue weighted by atomic mass is 10.1. The zero-order chi connectivity index (χ0) is 10.7. The zero-order valence-electron chi connectivity index (χ0n) is 8.27. The van der Waals surface area contributed by atoms with Gasteiger partial charge in [0.25, 0.3) is 0 Å². The molecular formula is C11H13NO2S. The third kappa shape index (κ3) is 2.26. The minimum atomic E-state index is -0.00594. The summed E-state index contributed by atoms with van der Waals surface area (Å²) >= 11 is 4.02. The van der Waals surface area contributed by atoms with Gasteiger partial charge in [0.1, 0.15) is 12.4 Å². The van der Waals surface area contributed by atoms with Gasteiger partial charge in [-0.25, -0.2) is 0 Å². The highest BCUT2D eigenvalue weighted by Gasteiger charge is 2.24. The van der Waals surface area contributed by atoms with Crippen LogP contribution in [0.15, 0.2) is 24.3 Å². The van der Waals surface area contributed by atoms with Crippen LogP contribution in [0.2, 0.25) is 0 Å². The minimum absolute atomic E-state index is 0.00594. The molecule has 0 aromatic heterocycles. The molecule has 1 aromatic carbocycles. The average Bonchev–Trinajstić information content (AvgIpc) is 2.62. The average molecular weight is 223 g/mol. The lowest BCUT2D eigenvalue weighted by molar-refractivity contribution is -0.121. The van der Waals surface area contributed by atoms with Crippen molar-refractivity contribution in [2.75, 3.05) is 12.4 Å². The maximum Gasteiger partial charge on any atom is 0.221 e. The van der Waals surface area contributed by atoms with E-state index >= 15 is 0 Å². The van der Waals surface area contributed by atoms with Crippen LogP contribution in [0.25, 0.3) is 0 Å². The normalized spacial score (nSPS) is 18.1. The number of nitrogens with one attached hydrogen (secondary N) is 1. The van der Waals surface area contributed by atoms with E-state index in [-0.39, 0.29) is 11.9 Å². The van der Waals surface area contributed by atoms with E-state index in [0.717, 1.165) is 11.3 Å². The number of ether oxygens (including phenoxy) is 1. The fourth-order valence-electron chi connectivity index (χ4n) is 1.65. The second kappa shape index (κ2) is 4.57. The summed E-state index contributed by atoms with van der Waals surface area (Å²) < 4.78 is 5.46. The Morgan fingerprint density at radius 2 is 2.33 bits per heavy atom. The molecule has 0 saturated heterocycles. The number of para-hydroxylation sites is 1. The van der Waals surface area contributed by atoms with Gasteiger partial charge in [0.15, 0.2) is 0 Å². The molecule has 0 saturated carbocycles. The van der Waals surface area contributed by atoms with Crippen LogP contribution in [0.1, 0.15) is 18.0 Å². The standard InChI is InChI=1S/C11H13NO2S/c13-11(5-6-15)12-9-7-14-10-4-2-1-3-8(9)10/h1-4,9,15H,5-7H2,(H,12,13). The summed E-state index contributed by atoms with van der Waals surface area (Å²) in [7, 11) is 0. The van der Waals surface area contributed by atoms with Gasteiger partial charge in [-0.15, -0.1) is 0 Å². The fourth-order valence-corrected chi connectivity index (χ4v) is 1.85. The van der Waals surface area contributed by atoms with Gasteiger partial charge in [-0.05, 0) is 11.8 Å². The van der Waals surface area contributed by atoms with Crippen molar-refractivity contribution in [1.29, 1.82) is 0 Å². The zero-order valence-corrected chi connectivity index (χ0v) is 9.17. The van der Waals surface area contributed by atoms with Gasteiger partial charge in [0, 0.05) is 12.0 Å². The van der Waals surface area contributed by atoms with Crippen LogP contribution in [0.3, 0.4) is 0 Å². The summed E-state index contributed by atoms with van der Waals surface area (Å²) in [5.41, 5.74) is 1.06. The Balaban J connectivity index is 2.04. The van der Waals surface area contributed by atoms with Crippen LogP contribution in [0, 0.1) is 0 Å². The van der Waals surface area contributed by atoms with E-state index in [1.165, 1.54) is 0 Å². The molecule has 1 atom stereocenters. The molecule has 4 heteroatoms. The van der Waals surface area contributed by atoms with Gasteiger partial charge in [-0.1, -0.05) is 18.2 Å². The molecule has 0 radical (unpaired) electrons. The van der Waals surface area contributed by atoms with Crippen LogP contribution < -0.4 is 10.1 Å². The number of fused-ring (bicyclic) bond motifs is 1. The molecule has 0 fully saturated rings. The number of amides is 1. The molecule has 1 aromatic rings. The van der Waals surface area contributed by atoms with Crippen LogP contribution in [0.5, 0.6) is 5.75 Å². The molecule has 0 spiro atoms. The summed E-state index contributed by atoms with van der Waals surface area (Å²) in [4.78, 5) is 11.4. The first-order chi connectivity index (χ1) is 7.31. The van der Waals surface area contributed by atoms with Crippen LogP contribution in [0.4, 0.5) is 0 Å². The SMILES string of the molecule is O=C(CCS)NC1COc2ccccc21. The van der Waals surface area contributed by atoms with E-state index in [9.17, 15) is 4.79 Å². The largest absolute Gasteiger partial charge is 0.491 e. The first-order valence-electron chi connectivity index (χ1n) is 4.93. The highest BCUT2D eigenvalue weighted by molar-refractivity contribution is 7.80. The molecule has 1 unspecified atom stereocenters. The Labute approximate surface area is 94.2 Å². The molecule has 0 aliphatic carbocycles. The molecule has 1 heterocycles. The lowest BCUT2D eigenvalue weighted by Crippen LogP contribution is -2.29. The molecule has 1 aliphatic heterocycles. The number of hydrogen-bond donors (Lipinski definition) is 2. The van der Waals surface area contributed by atoms with Crippen molar-refractivity contribution in [3.63, 3.8) is 0 Å². The monoisotopic (exact) mass is 223 g/mol. The molecule has 80 valence electrons. The second-order valence-corrected chi connectivity index (χ2v) is 3.89.